The zero-order chi connectivity index (χ0) is 18.6. The van der Waals surface area contributed by atoms with Crippen LogP contribution < -0.4 is 4.90 Å². The smallest absolute Gasteiger partial charge is 0.297 e. The number of piperazine rings is 1. The Hall–Kier alpha value is -2.60. The summed E-state index contributed by atoms with van der Waals surface area (Å²) < 4.78 is 26.4. The number of aromatic nitrogens is 2. The van der Waals surface area contributed by atoms with E-state index in [0.717, 1.165) is 44.5 Å². The van der Waals surface area contributed by atoms with Crippen LogP contribution in [-0.4, -0.2) is 47.6 Å². The minimum atomic E-state index is -2.67. The highest BCUT2D eigenvalue weighted by Crippen LogP contribution is 2.27. The molecule has 27 heavy (non-hydrogen) atoms. The van der Waals surface area contributed by atoms with Gasteiger partial charge in [-0.15, -0.1) is 0 Å². The molecule has 6 heteroatoms. The lowest BCUT2D eigenvalue weighted by atomic mass is 10.1. The summed E-state index contributed by atoms with van der Waals surface area (Å²) in [5.74, 6) is 0.230. The predicted molar refractivity (Wildman–Crippen MR) is 103 cm³/mol. The minimum absolute atomic E-state index is 0.393. The van der Waals surface area contributed by atoms with E-state index in [-0.39, 0.29) is 0 Å². The number of anilines is 1. The Bertz CT molecular complexity index is 893. The highest BCUT2D eigenvalue weighted by molar-refractivity contribution is 5.89. The molecule has 4 nitrogen and oxygen atoms in total. The Balaban J connectivity index is 1.46. The molecule has 1 aliphatic rings. The van der Waals surface area contributed by atoms with Crippen LogP contribution in [0.3, 0.4) is 0 Å². The Morgan fingerprint density at radius 2 is 1.56 bits per heavy atom. The van der Waals surface area contributed by atoms with Gasteiger partial charge in [-0.1, -0.05) is 42.5 Å². The van der Waals surface area contributed by atoms with Crippen LogP contribution >= 0.6 is 0 Å². The quantitative estimate of drug-likeness (QED) is 0.683. The fourth-order valence-electron chi connectivity index (χ4n) is 3.53. The van der Waals surface area contributed by atoms with Gasteiger partial charge >= 0.3 is 0 Å². The van der Waals surface area contributed by atoms with Crippen LogP contribution in [0.2, 0.25) is 0 Å². The Labute approximate surface area is 157 Å². The molecule has 0 radical (unpaired) electrons. The van der Waals surface area contributed by atoms with Gasteiger partial charge in [0.25, 0.3) is 6.43 Å². The van der Waals surface area contributed by atoms with Crippen molar-refractivity contribution < 1.29 is 8.78 Å². The molecule has 0 spiro atoms. The molecule has 1 fully saturated rings. The second-order valence-electron chi connectivity index (χ2n) is 6.79. The maximum absolute atomic E-state index is 13.2. The Kier molecular flexibility index (Phi) is 5.25. The first-order chi connectivity index (χ1) is 13.2. The summed E-state index contributed by atoms with van der Waals surface area (Å²) >= 11 is 0. The second kappa shape index (κ2) is 7.96. The summed E-state index contributed by atoms with van der Waals surface area (Å²) in [6.45, 7) is 4.35. The zero-order valence-electron chi connectivity index (χ0n) is 15.1. The number of alkyl halides is 2. The molecule has 0 atom stereocenters. The van der Waals surface area contributed by atoms with Crippen molar-refractivity contribution in [2.75, 3.05) is 37.6 Å². The monoisotopic (exact) mass is 368 g/mol. The van der Waals surface area contributed by atoms with E-state index in [1.165, 1.54) is 5.56 Å². The Morgan fingerprint density at radius 3 is 2.30 bits per heavy atom. The van der Waals surface area contributed by atoms with Crippen molar-refractivity contribution in [3.63, 3.8) is 0 Å². The number of hydrogen-bond acceptors (Lipinski definition) is 4. The van der Waals surface area contributed by atoms with Gasteiger partial charge in [0.1, 0.15) is 5.82 Å². The molecule has 0 saturated carbocycles. The zero-order valence-corrected chi connectivity index (χ0v) is 15.1. The number of halogens is 2. The number of para-hydroxylation sites is 1. The van der Waals surface area contributed by atoms with Crippen molar-refractivity contribution in [1.29, 1.82) is 0 Å². The van der Waals surface area contributed by atoms with Crippen molar-refractivity contribution in [2.24, 2.45) is 0 Å². The maximum atomic E-state index is 13.2. The molecule has 1 aromatic heterocycles. The van der Waals surface area contributed by atoms with Crippen LogP contribution in [0.25, 0.3) is 10.9 Å². The number of nitrogens with zero attached hydrogens (tertiary/aromatic N) is 4. The van der Waals surface area contributed by atoms with Gasteiger partial charge in [-0.3, -0.25) is 4.90 Å². The third kappa shape index (κ3) is 4.06. The first-order valence-corrected chi connectivity index (χ1v) is 9.27. The SMILES string of the molecule is FC(F)c1nc(N2CCN(CCc3ccccc3)CC2)c2ccccc2n1. The van der Waals surface area contributed by atoms with E-state index in [9.17, 15) is 8.78 Å². The van der Waals surface area contributed by atoms with E-state index in [4.69, 9.17) is 0 Å². The average Bonchev–Trinajstić information content (AvgIpc) is 2.72. The second-order valence-corrected chi connectivity index (χ2v) is 6.79. The summed E-state index contributed by atoms with van der Waals surface area (Å²) in [7, 11) is 0. The summed E-state index contributed by atoms with van der Waals surface area (Å²) in [6.07, 6.45) is -1.65. The van der Waals surface area contributed by atoms with Gasteiger partial charge in [-0.05, 0) is 24.1 Å². The van der Waals surface area contributed by atoms with Crippen molar-refractivity contribution >= 4 is 16.7 Å². The van der Waals surface area contributed by atoms with E-state index in [2.05, 4.69) is 44.0 Å². The van der Waals surface area contributed by atoms with E-state index in [1.54, 1.807) is 6.07 Å². The number of hydrogen-bond donors (Lipinski definition) is 0. The van der Waals surface area contributed by atoms with Gasteiger partial charge < -0.3 is 4.90 Å². The standard InChI is InChI=1S/C21H22F2N4/c22-19(23)20-24-18-9-5-4-8-17(18)21(25-20)27-14-12-26(13-15-27)11-10-16-6-2-1-3-7-16/h1-9,19H,10-15H2. The van der Waals surface area contributed by atoms with Crippen molar-refractivity contribution in [2.45, 2.75) is 12.8 Å². The maximum Gasteiger partial charge on any atom is 0.297 e. The average molecular weight is 368 g/mol. The third-order valence-corrected chi connectivity index (χ3v) is 5.03. The molecular weight excluding hydrogens is 346 g/mol. The molecule has 3 aromatic rings. The summed E-state index contributed by atoms with van der Waals surface area (Å²) in [4.78, 5) is 12.7. The lowest BCUT2D eigenvalue weighted by Crippen LogP contribution is -2.47. The molecule has 140 valence electrons. The highest BCUT2D eigenvalue weighted by Gasteiger charge is 2.22. The van der Waals surface area contributed by atoms with Gasteiger partial charge in [0.05, 0.1) is 5.52 Å². The fourth-order valence-corrected chi connectivity index (χ4v) is 3.53. The third-order valence-electron chi connectivity index (χ3n) is 5.03. The molecule has 0 aliphatic carbocycles. The van der Waals surface area contributed by atoms with Crippen LogP contribution in [0, 0.1) is 0 Å². The van der Waals surface area contributed by atoms with Gasteiger partial charge in [-0.25, -0.2) is 18.7 Å². The number of rotatable bonds is 5. The normalized spacial score (nSPS) is 15.6. The first-order valence-electron chi connectivity index (χ1n) is 9.27. The topological polar surface area (TPSA) is 32.3 Å². The largest absolute Gasteiger partial charge is 0.353 e. The van der Waals surface area contributed by atoms with Gasteiger partial charge in [-0.2, -0.15) is 0 Å². The van der Waals surface area contributed by atoms with E-state index in [0.29, 0.717) is 11.3 Å². The molecule has 0 bridgehead atoms. The van der Waals surface area contributed by atoms with Crippen LogP contribution in [0.15, 0.2) is 54.6 Å². The van der Waals surface area contributed by atoms with Gasteiger partial charge in [0, 0.05) is 38.1 Å². The molecule has 0 amide bonds. The van der Waals surface area contributed by atoms with Crippen molar-refractivity contribution in [3.05, 3.63) is 66.0 Å². The number of fused-ring (bicyclic) bond motifs is 1. The molecule has 2 heterocycles. The van der Waals surface area contributed by atoms with Crippen molar-refractivity contribution in [1.82, 2.24) is 14.9 Å². The van der Waals surface area contributed by atoms with Gasteiger partial charge in [0.15, 0.2) is 5.82 Å². The van der Waals surface area contributed by atoms with E-state index >= 15 is 0 Å². The molecule has 2 aromatic carbocycles. The molecule has 1 saturated heterocycles. The summed E-state index contributed by atoms with van der Waals surface area (Å²) in [5.41, 5.74) is 1.91. The minimum Gasteiger partial charge on any atom is -0.353 e. The molecular formula is C21H22F2N4. The molecule has 4 rings (SSSR count). The fraction of sp³-hybridized carbons (Fsp3) is 0.333. The van der Waals surface area contributed by atoms with Gasteiger partial charge in [0.2, 0.25) is 0 Å². The van der Waals surface area contributed by atoms with Crippen LogP contribution in [-0.2, 0) is 6.42 Å². The Morgan fingerprint density at radius 1 is 0.852 bits per heavy atom. The molecule has 0 unspecified atom stereocenters. The lowest BCUT2D eigenvalue weighted by Gasteiger charge is -2.36. The van der Waals surface area contributed by atoms with E-state index < -0.39 is 12.2 Å². The molecule has 1 aliphatic heterocycles. The summed E-state index contributed by atoms with van der Waals surface area (Å²) in [6, 6.07) is 17.8. The predicted octanol–water partition coefficient (Wildman–Crippen LogP) is 3.93. The van der Waals surface area contributed by atoms with Crippen molar-refractivity contribution in [3.8, 4) is 0 Å². The highest BCUT2D eigenvalue weighted by atomic mass is 19.3. The lowest BCUT2D eigenvalue weighted by molar-refractivity contribution is 0.141. The summed E-state index contributed by atoms with van der Waals surface area (Å²) in [5, 5.41) is 0.833. The molecule has 0 N–H and O–H groups in total. The number of benzene rings is 2. The first kappa shape index (κ1) is 17.8. The van der Waals surface area contributed by atoms with E-state index in [1.807, 2.05) is 24.3 Å². The van der Waals surface area contributed by atoms with Crippen LogP contribution in [0.4, 0.5) is 14.6 Å². The van der Waals surface area contributed by atoms with Crippen LogP contribution in [0.5, 0.6) is 0 Å². The van der Waals surface area contributed by atoms with Crippen LogP contribution in [0.1, 0.15) is 17.8 Å².